The molecule has 0 spiro atoms. The van der Waals surface area contributed by atoms with Gasteiger partial charge >= 0.3 is 5.97 Å². The number of rotatable bonds is 6. The minimum Gasteiger partial charge on any atom is -0.493 e. The molecule has 124 valence electrons. The fraction of sp³-hybridized carbons (Fsp3) is 0.588. The van der Waals surface area contributed by atoms with Crippen LogP contribution in [0.3, 0.4) is 0 Å². The molecule has 1 aliphatic carbocycles. The van der Waals surface area contributed by atoms with Crippen LogP contribution in [-0.4, -0.2) is 25.7 Å². The first-order valence-electron chi connectivity index (χ1n) is 7.74. The Labute approximate surface area is 138 Å². The summed E-state index contributed by atoms with van der Waals surface area (Å²) in [7, 11) is 1.35. The summed E-state index contributed by atoms with van der Waals surface area (Å²) in [4.78, 5) is 11.3. The van der Waals surface area contributed by atoms with Crippen molar-refractivity contribution >= 4 is 18.4 Å². The quantitative estimate of drug-likeness (QED) is 0.815. The van der Waals surface area contributed by atoms with E-state index in [0.29, 0.717) is 12.3 Å². The Morgan fingerprint density at radius 1 is 1.23 bits per heavy atom. The highest BCUT2D eigenvalue weighted by Gasteiger charge is 2.15. The van der Waals surface area contributed by atoms with Crippen LogP contribution in [0.5, 0.6) is 5.75 Å². The second kappa shape index (κ2) is 9.70. The summed E-state index contributed by atoms with van der Waals surface area (Å²) in [6.07, 6.45) is 7.08. The molecule has 1 aromatic rings. The van der Waals surface area contributed by atoms with E-state index in [1.165, 1.54) is 39.2 Å². The summed E-state index contributed by atoms with van der Waals surface area (Å²) >= 11 is 0. The van der Waals surface area contributed by atoms with Crippen molar-refractivity contribution < 1.29 is 14.3 Å². The van der Waals surface area contributed by atoms with Gasteiger partial charge in [-0.2, -0.15) is 0 Å². The molecule has 1 unspecified atom stereocenters. The zero-order valence-electron chi connectivity index (χ0n) is 13.1. The highest BCUT2D eigenvalue weighted by atomic mass is 35.5. The van der Waals surface area contributed by atoms with Gasteiger partial charge in [-0.1, -0.05) is 31.4 Å². The Balaban J connectivity index is 0.00000242. The number of carbonyl (C=O) groups is 1. The molecule has 5 heteroatoms. The molecule has 2 N–H and O–H groups in total. The van der Waals surface area contributed by atoms with Crippen LogP contribution in [0.2, 0.25) is 0 Å². The fourth-order valence-corrected chi connectivity index (χ4v) is 2.78. The molecule has 2 rings (SSSR count). The Kier molecular flexibility index (Phi) is 8.28. The summed E-state index contributed by atoms with van der Waals surface area (Å²) in [6, 6.07) is 7.20. The van der Waals surface area contributed by atoms with Crippen LogP contribution < -0.4 is 10.5 Å². The molecule has 0 radical (unpaired) electrons. The molecule has 1 aliphatic rings. The third kappa shape index (κ3) is 5.85. The highest BCUT2D eigenvalue weighted by Crippen LogP contribution is 2.24. The lowest BCUT2D eigenvalue weighted by Crippen LogP contribution is -2.33. The van der Waals surface area contributed by atoms with Crippen LogP contribution in [0.25, 0.3) is 0 Å². The minimum atomic E-state index is -0.607. The van der Waals surface area contributed by atoms with Gasteiger partial charge in [-0.05, 0) is 42.9 Å². The van der Waals surface area contributed by atoms with Gasteiger partial charge in [-0.25, -0.2) is 0 Å². The second-order valence-corrected chi connectivity index (χ2v) is 5.79. The van der Waals surface area contributed by atoms with Crippen molar-refractivity contribution in [2.45, 2.75) is 44.6 Å². The number of carbonyl (C=O) groups excluding carboxylic acids is 1. The van der Waals surface area contributed by atoms with Crippen LogP contribution >= 0.6 is 12.4 Å². The molecule has 1 aromatic carbocycles. The van der Waals surface area contributed by atoms with Crippen LogP contribution in [0, 0.1) is 5.92 Å². The van der Waals surface area contributed by atoms with Crippen LogP contribution in [0.4, 0.5) is 0 Å². The normalized spacial score (nSPS) is 16.5. The summed E-state index contributed by atoms with van der Waals surface area (Å²) in [5, 5.41) is 0. The first-order chi connectivity index (χ1) is 10.2. The highest BCUT2D eigenvalue weighted by molar-refractivity contribution is 5.85. The van der Waals surface area contributed by atoms with E-state index >= 15 is 0 Å². The molecule has 1 atom stereocenters. The van der Waals surface area contributed by atoms with Gasteiger partial charge in [0.2, 0.25) is 0 Å². The molecule has 22 heavy (non-hydrogen) atoms. The first kappa shape index (κ1) is 18.8. The molecular weight excluding hydrogens is 302 g/mol. The second-order valence-electron chi connectivity index (χ2n) is 5.79. The monoisotopic (exact) mass is 327 g/mol. The SMILES string of the molecule is COC(=O)C(N)Cc1ccc(OCC2CCCCC2)cc1.Cl. The Morgan fingerprint density at radius 2 is 1.86 bits per heavy atom. The minimum absolute atomic E-state index is 0. The molecule has 0 amide bonds. The van der Waals surface area contributed by atoms with Crippen molar-refractivity contribution in [3.05, 3.63) is 29.8 Å². The van der Waals surface area contributed by atoms with Crippen molar-refractivity contribution in [3.8, 4) is 5.75 Å². The lowest BCUT2D eigenvalue weighted by Gasteiger charge is -2.21. The molecule has 0 heterocycles. The largest absolute Gasteiger partial charge is 0.493 e. The average Bonchev–Trinajstić information content (AvgIpc) is 2.54. The lowest BCUT2D eigenvalue weighted by molar-refractivity contribution is -0.142. The number of hydrogen-bond acceptors (Lipinski definition) is 4. The zero-order chi connectivity index (χ0) is 15.1. The van der Waals surface area contributed by atoms with E-state index in [1.807, 2.05) is 24.3 Å². The lowest BCUT2D eigenvalue weighted by atomic mass is 9.90. The van der Waals surface area contributed by atoms with Gasteiger partial charge in [0, 0.05) is 0 Å². The van der Waals surface area contributed by atoms with E-state index in [4.69, 9.17) is 10.5 Å². The molecule has 1 saturated carbocycles. The van der Waals surface area contributed by atoms with Gasteiger partial charge < -0.3 is 15.2 Å². The number of hydrogen-bond donors (Lipinski definition) is 1. The molecule has 1 fully saturated rings. The number of nitrogens with two attached hydrogens (primary N) is 1. The Bertz CT molecular complexity index is 444. The number of esters is 1. The standard InChI is InChI=1S/C17H25NO3.ClH/c1-20-17(19)16(18)11-13-7-9-15(10-8-13)21-12-14-5-3-2-4-6-14;/h7-10,14,16H,2-6,11-12,18H2,1H3;1H. The number of benzene rings is 1. The summed E-state index contributed by atoms with van der Waals surface area (Å²) in [5.41, 5.74) is 6.76. The number of methoxy groups -OCH3 is 1. The molecular formula is C17H26ClNO3. The van der Waals surface area contributed by atoms with Crippen molar-refractivity contribution in [1.82, 2.24) is 0 Å². The van der Waals surface area contributed by atoms with Crippen molar-refractivity contribution in [2.24, 2.45) is 11.7 Å². The van der Waals surface area contributed by atoms with Gasteiger partial charge in [-0.15, -0.1) is 12.4 Å². The van der Waals surface area contributed by atoms with Gasteiger partial charge in [0.1, 0.15) is 11.8 Å². The summed E-state index contributed by atoms with van der Waals surface area (Å²) in [5.74, 6) is 1.20. The average molecular weight is 328 g/mol. The van der Waals surface area contributed by atoms with E-state index in [0.717, 1.165) is 17.9 Å². The molecule has 0 saturated heterocycles. The maximum absolute atomic E-state index is 11.3. The maximum atomic E-state index is 11.3. The van der Waals surface area contributed by atoms with Crippen LogP contribution in [-0.2, 0) is 16.0 Å². The van der Waals surface area contributed by atoms with Crippen LogP contribution in [0.15, 0.2) is 24.3 Å². The van der Waals surface area contributed by atoms with E-state index < -0.39 is 6.04 Å². The maximum Gasteiger partial charge on any atom is 0.322 e. The van der Waals surface area contributed by atoms with Gasteiger partial charge in [0.25, 0.3) is 0 Å². The van der Waals surface area contributed by atoms with Crippen molar-refractivity contribution in [1.29, 1.82) is 0 Å². The van der Waals surface area contributed by atoms with Crippen LogP contribution in [0.1, 0.15) is 37.7 Å². The first-order valence-corrected chi connectivity index (χ1v) is 7.74. The zero-order valence-corrected chi connectivity index (χ0v) is 13.9. The predicted molar refractivity (Wildman–Crippen MR) is 89.5 cm³/mol. The molecule has 0 bridgehead atoms. The Morgan fingerprint density at radius 3 is 2.45 bits per heavy atom. The Hall–Kier alpha value is -1.26. The molecule has 0 aliphatic heterocycles. The number of ether oxygens (including phenoxy) is 2. The predicted octanol–water partition coefficient (Wildman–Crippen LogP) is 3.11. The fourth-order valence-electron chi connectivity index (χ4n) is 2.78. The smallest absolute Gasteiger partial charge is 0.322 e. The molecule has 4 nitrogen and oxygen atoms in total. The van der Waals surface area contributed by atoms with E-state index in [2.05, 4.69) is 4.74 Å². The van der Waals surface area contributed by atoms with E-state index in [1.54, 1.807) is 0 Å². The van der Waals surface area contributed by atoms with E-state index in [-0.39, 0.29) is 18.4 Å². The van der Waals surface area contributed by atoms with Gasteiger partial charge in [-0.3, -0.25) is 4.79 Å². The topological polar surface area (TPSA) is 61.5 Å². The van der Waals surface area contributed by atoms with Crippen molar-refractivity contribution in [2.75, 3.05) is 13.7 Å². The third-order valence-corrected chi connectivity index (χ3v) is 4.09. The number of halogens is 1. The van der Waals surface area contributed by atoms with E-state index in [9.17, 15) is 4.79 Å². The third-order valence-electron chi connectivity index (χ3n) is 4.09. The summed E-state index contributed by atoms with van der Waals surface area (Å²) in [6.45, 7) is 0.807. The van der Waals surface area contributed by atoms with Gasteiger partial charge in [0.05, 0.1) is 13.7 Å². The van der Waals surface area contributed by atoms with Gasteiger partial charge in [0.15, 0.2) is 0 Å². The van der Waals surface area contributed by atoms with Crippen molar-refractivity contribution in [3.63, 3.8) is 0 Å². The summed E-state index contributed by atoms with van der Waals surface area (Å²) < 4.78 is 10.5. The molecule has 0 aromatic heterocycles.